The molecule has 0 aromatic heterocycles. The van der Waals surface area contributed by atoms with Crippen molar-refractivity contribution in [3.8, 4) is 0 Å². The third-order valence-electron chi connectivity index (χ3n) is 4.32. The molecule has 0 bridgehead atoms. The van der Waals surface area contributed by atoms with Crippen LogP contribution in [-0.4, -0.2) is 29.2 Å². The monoisotopic (exact) mass is 340 g/mol. The van der Waals surface area contributed by atoms with Crippen LogP contribution in [0.1, 0.15) is 35.7 Å². The second-order valence-electron chi connectivity index (χ2n) is 6.38. The van der Waals surface area contributed by atoms with E-state index in [2.05, 4.69) is 5.32 Å². The van der Waals surface area contributed by atoms with Crippen LogP contribution < -0.4 is 5.32 Å². The largest absolute Gasteiger partial charge is 0.324 e. The van der Waals surface area contributed by atoms with Gasteiger partial charge in [-0.3, -0.25) is 14.5 Å². The van der Waals surface area contributed by atoms with Crippen molar-refractivity contribution < 1.29 is 14.0 Å². The molecule has 5 heteroatoms. The quantitative estimate of drug-likeness (QED) is 0.783. The third-order valence-corrected chi connectivity index (χ3v) is 4.32. The smallest absolute Gasteiger partial charge is 0.238 e. The van der Waals surface area contributed by atoms with Gasteiger partial charge in [0.15, 0.2) is 5.78 Å². The van der Waals surface area contributed by atoms with Crippen LogP contribution in [0.15, 0.2) is 48.5 Å². The van der Waals surface area contributed by atoms with Gasteiger partial charge >= 0.3 is 0 Å². The molecule has 0 unspecified atom stereocenters. The van der Waals surface area contributed by atoms with Crippen LogP contribution in [0.3, 0.4) is 0 Å². The Morgan fingerprint density at radius 1 is 1.12 bits per heavy atom. The number of halogens is 1. The number of carbonyl (C=O) groups is 2. The van der Waals surface area contributed by atoms with Crippen LogP contribution >= 0.6 is 0 Å². The second-order valence-corrected chi connectivity index (χ2v) is 6.38. The molecule has 4 nitrogen and oxygen atoms in total. The van der Waals surface area contributed by atoms with Gasteiger partial charge in [-0.2, -0.15) is 0 Å². The first-order chi connectivity index (χ1) is 12.0. The Labute approximate surface area is 146 Å². The zero-order chi connectivity index (χ0) is 17.8. The van der Waals surface area contributed by atoms with Crippen molar-refractivity contribution in [3.63, 3.8) is 0 Å². The molecule has 25 heavy (non-hydrogen) atoms. The van der Waals surface area contributed by atoms with Gasteiger partial charge in [0.25, 0.3) is 0 Å². The Kier molecular flexibility index (Phi) is 5.24. The lowest BCUT2D eigenvalue weighted by atomic mass is 10.1. The summed E-state index contributed by atoms with van der Waals surface area (Å²) in [5.41, 5.74) is 1.59. The lowest BCUT2D eigenvalue weighted by Gasteiger charge is -2.22. The van der Waals surface area contributed by atoms with Crippen molar-refractivity contribution in [3.05, 3.63) is 65.5 Å². The lowest BCUT2D eigenvalue weighted by Crippen LogP contribution is -2.35. The highest BCUT2D eigenvalue weighted by Crippen LogP contribution is 2.28. The molecule has 2 aromatic carbocycles. The zero-order valence-electron chi connectivity index (χ0n) is 14.2. The molecule has 1 saturated carbocycles. The molecule has 2 aromatic rings. The summed E-state index contributed by atoms with van der Waals surface area (Å²) in [5, 5.41) is 2.81. The van der Waals surface area contributed by atoms with E-state index >= 15 is 0 Å². The van der Waals surface area contributed by atoms with Gasteiger partial charge in [-0.25, -0.2) is 4.39 Å². The molecular formula is C20H21FN2O2. The lowest BCUT2D eigenvalue weighted by molar-refractivity contribution is -0.117. The molecule has 1 aliphatic rings. The molecular weight excluding hydrogens is 319 g/mol. The van der Waals surface area contributed by atoms with Crippen LogP contribution in [-0.2, 0) is 11.3 Å². The highest BCUT2D eigenvalue weighted by atomic mass is 19.1. The minimum Gasteiger partial charge on any atom is -0.324 e. The number of hydrogen-bond donors (Lipinski definition) is 1. The fourth-order valence-electron chi connectivity index (χ4n) is 2.87. The summed E-state index contributed by atoms with van der Waals surface area (Å²) in [6, 6.07) is 13.9. The normalized spacial score (nSPS) is 13.7. The summed E-state index contributed by atoms with van der Waals surface area (Å²) in [4.78, 5) is 26.1. The number of amides is 1. The summed E-state index contributed by atoms with van der Waals surface area (Å²) >= 11 is 0. The number of Topliss-reactive ketones (excluding diaryl/α,β-unsaturated/α-hetero) is 1. The van der Waals surface area contributed by atoms with E-state index in [0.29, 0.717) is 29.4 Å². The van der Waals surface area contributed by atoms with E-state index in [4.69, 9.17) is 0 Å². The van der Waals surface area contributed by atoms with Crippen LogP contribution in [0, 0.1) is 5.82 Å². The molecule has 0 spiro atoms. The summed E-state index contributed by atoms with van der Waals surface area (Å²) in [5.74, 6) is -0.547. The minimum absolute atomic E-state index is 0.0960. The first-order valence-electron chi connectivity index (χ1n) is 8.42. The summed E-state index contributed by atoms with van der Waals surface area (Å²) in [7, 11) is 0. The highest BCUT2D eigenvalue weighted by molar-refractivity contribution is 6.04. The highest BCUT2D eigenvalue weighted by Gasteiger charge is 2.30. The van der Waals surface area contributed by atoms with E-state index < -0.39 is 0 Å². The Hall–Kier alpha value is -2.53. The first-order valence-corrected chi connectivity index (χ1v) is 8.42. The van der Waals surface area contributed by atoms with Crippen molar-refractivity contribution in [2.24, 2.45) is 0 Å². The van der Waals surface area contributed by atoms with Gasteiger partial charge in [-0.05, 0) is 38.0 Å². The van der Waals surface area contributed by atoms with Gasteiger partial charge in [0.05, 0.1) is 12.2 Å². The molecule has 1 fully saturated rings. The Bertz CT molecular complexity index is 787. The molecule has 0 saturated heterocycles. The SMILES string of the molecule is CC(=O)c1ccccc1NC(=O)CN(Cc1ccccc1F)C1CC1. The van der Waals surface area contributed by atoms with E-state index in [9.17, 15) is 14.0 Å². The molecule has 1 amide bonds. The predicted molar refractivity (Wildman–Crippen MR) is 94.9 cm³/mol. The van der Waals surface area contributed by atoms with Crippen molar-refractivity contribution in [1.29, 1.82) is 0 Å². The van der Waals surface area contributed by atoms with Crippen molar-refractivity contribution in [2.75, 3.05) is 11.9 Å². The number of benzene rings is 2. The van der Waals surface area contributed by atoms with Gasteiger partial charge in [-0.1, -0.05) is 30.3 Å². The van der Waals surface area contributed by atoms with E-state index in [0.717, 1.165) is 12.8 Å². The molecule has 130 valence electrons. The molecule has 0 atom stereocenters. The van der Waals surface area contributed by atoms with Gasteiger partial charge in [0, 0.05) is 23.7 Å². The summed E-state index contributed by atoms with van der Waals surface area (Å²) in [6.07, 6.45) is 2.04. The number of para-hydroxylation sites is 1. The molecule has 1 N–H and O–H groups in total. The fraction of sp³-hybridized carbons (Fsp3) is 0.300. The van der Waals surface area contributed by atoms with Gasteiger partial charge in [0.2, 0.25) is 5.91 Å². The van der Waals surface area contributed by atoms with Gasteiger partial charge in [-0.15, -0.1) is 0 Å². The van der Waals surface area contributed by atoms with Crippen LogP contribution in [0.4, 0.5) is 10.1 Å². The maximum atomic E-state index is 13.9. The van der Waals surface area contributed by atoms with E-state index in [1.165, 1.54) is 13.0 Å². The minimum atomic E-state index is -0.254. The number of hydrogen-bond acceptors (Lipinski definition) is 3. The average molecular weight is 340 g/mol. The maximum Gasteiger partial charge on any atom is 0.238 e. The Morgan fingerprint density at radius 2 is 1.80 bits per heavy atom. The maximum absolute atomic E-state index is 13.9. The van der Waals surface area contributed by atoms with Crippen LogP contribution in [0.25, 0.3) is 0 Å². The van der Waals surface area contributed by atoms with Crippen molar-refractivity contribution in [2.45, 2.75) is 32.4 Å². The number of carbonyl (C=O) groups excluding carboxylic acids is 2. The van der Waals surface area contributed by atoms with E-state index in [-0.39, 0.29) is 24.1 Å². The Morgan fingerprint density at radius 3 is 2.48 bits per heavy atom. The fourth-order valence-corrected chi connectivity index (χ4v) is 2.87. The third kappa shape index (κ3) is 4.51. The van der Waals surface area contributed by atoms with Crippen LogP contribution in [0.5, 0.6) is 0 Å². The standard InChI is InChI=1S/C20H21FN2O2/c1-14(24)17-7-3-5-9-19(17)22-20(25)13-23(16-10-11-16)12-15-6-2-4-8-18(15)21/h2-9,16H,10-13H2,1H3,(H,22,25). The number of anilines is 1. The second kappa shape index (κ2) is 7.57. The molecule has 0 radical (unpaired) electrons. The topological polar surface area (TPSA) is 49.4 Å². The molecule has 0 heterocycles. The zero-order valence-corrected chi connectivity index (χ0v) is 14.2. The average Bonchev–Trinajstić information content (AvgIpc) is 3.41. The molecule has 1 aliphatic carbocycles. The summed E-state index contributed by atoms with van der Waals surface area (Å²) < 4.78 is 13.9. The first kappa shape index (κ1) is 17.3. The molecule has 0 aliphatic heterocycles. The van der Waals surface area contributed by atoms with Crippen LogP contribution in [0.2, 0.25) is 0 Å². The number of nitrogens with zero attached hydrogens (tertiary/aromatic N) is 1. The molecule has 3 rings (SSSR count). The van der Waals surface area contributed by atoms with E-state index in [1.807, 2.05) is 4.90 Å². The van der Waals surface area contributed by atoms with Crippen molar-refractivity contribution >= 4 is 17.4 Å². The number of nitrogens with one attached hydrogen (secondary N) is 1. The summed E-state index contributed by atoms with van der Waals surface area (Å²) in [6.45, 7) is 2.05. The predicted octanol–water partition coefficient (Wildman–Crippen LogP) is 3.63. The van der Waals surface area contributed by atoms with Gasteiger partial charge < -0.3 is 5.32 Å². The van der Waals surface area contributed by atoms with E-state index in [1.54, 1.807) is 42.5 Å². The van der Waals surface area contributed by atoms with Gasteiger partial charge in [0.1, 0.15) is 5.82 Å². The van der Waals surface area contributed by atoms with Crippen molar-refractivity contribution in [1.82, 2.24) is 4.90 Å². The Balaban J connectivity index is 1.68. The number of rotatable bonds is 7. The number of ketones is 1.